The molecule has 0 saturated heterocycles. The van der Waals surface area contributed by atoms with Crippen molar-refractivity contribution in [1.29, 1.82) is 0 Å². The lowest BCUT2D eigenvalue weighted by Gasteiger charge is -2.09. The van der Waals surface area contributed by atoms with E-state index in [4.69, 9.17) is 9.15 Å². The molecule has 0 atom stereocenters. The van der Waals surface area contributed by atoms with Gasteiger partial charge in [0.1, 0.15) is 30.1 Å². The van der Waals surface area contributed by atoms with Crippen molar-refractivity contribution < 1.29 is 27.1 Å². The van der Waals surface area contributed by atoms with Gasteiger partial charge in [-0.25, -0.2) is 4.98 Å². The first-order valence-corrected chi connectivity index (χ1v) is 11.8. The summed E-state index contributed by atoms with van der Waals surface area (Å²) in [6.07, 6.45) is 5.96. The van der Waals surface area contributed by atoms with Gasteiger partial charge in [-0.15, -0.1) is 13.2 Å². The molecule has 0 N–H and O–H groups in total. The molecule has 10 heteroatoms. The number of nitrogens with zero attached hydrogens (tertiary/aromatic N) is 4. The Morgan fingerprint density at radius 1 is 0.973 bits per heavy atom. The number of aromatic nitrogens is 4. The van der Waals surface area contributed by atoms with Crippen LogP contribution in [0.4, 0.5) is 13.2 Å². The Balaban J connectivity index is 1.23. The number of rotatable bonds is 11. The Hall–Kier alpha value is -4.08. The summed E-state index contributed by atoms with van der Waals surface area (Å²) in [6, 6.07) is 11.6. The summed E-state index contributed by atoms with van der Waals surface area (Å²) in [4.78, 5) is 5.94. The minimum absolute atomic E-state index is 0.248. The normalized spacial score (nSPS) is 11.8. The van der Waals surface area contributed by atoms with Crippen molar-refractivity contribution >= 4 is 12.2 Å². The van der Waals surface area contributed by atoms with Crippen LogP contribution >= 0.6 is 0 Å². The molecule has 7 nitrogen and oxygen atoms in total. The monoisotopic (exact) mass is 512 g/mol. The van der Waals surface area contributed by atoms with Crippen LogP contribution in [0.1, 0.15) is 46.8 Å². The van der Waals surface area contributed by atoms with Gasteiger partial charge in [0, 0.05) is 13.1 Å². The van der Waals surface area contributed by atoms with Gasteiger partial charge in [-0.1, -0.05) is 18.2 Å². The van der Waals surface area contributed by atoms with Gasteiger partial charge >= 0.3 is 6.36 Å². The molecular formula is C27H27F3N4O3. The van der Waals surface area contributed by atoms with Gasteiger partial charge in [-0.3, -0.25) is 0 Å². The van der Waals surface area contributed by atoms with E-state index in [1.807, 2.05) is 25.4 Å². The summed E-state index contributed by atoms with van der Waals surface area (Å²) in [5.41, 5.74) is 4.78. The molecule has 4 rings (SSSR count). The zero-order chi connectivity index (χ0) is 26.3. The molecule has 2 aromatic heterocycles. The second-order valence-electron chi connectivity index (χ2n) is 8.54. The summed E-state index contributed by atoms with van der Waals surface area (Å²) in [6.45, 7) is 2.32. The van der Waals surface area contributed by atoms with Crippen molar-refractivity contribution in [2.24, 2.45) is 7.05 Å². The highest BCUT2D eigenvalue weighted by molar-refractivity contribution is 5.66. The Bertz CT molecular complexity index is 1330. The van der Waals surface area contributed by atoms with E-state index >= 15 is 0 Å². The third kappa shape index (κ3) is 8.23. The summed E-state index contributed by atoms with van der Waals surface area (Å²) in [7, 11) is 1.82. The lowest BCUT2D eigenvalue weighted by atomic mass is 10.0. The predicted octanol–water partition coefficient (Wildman–Crippen LogP) is 6.32. The van der Waals surface area contributed by atoms with Crippen molar-refractivity contribution in [2.45, 2.75) is 45.6 Å². The van der Waals surface area contributed by atoms with Crippen molar-refractivity contribution in [3.8, 4) is 11.5 Å². The van der Waals surface area contributed by atoms with Crippen LogP contribution in [0.25, 0.3) is 12.2 Å². The summed E-state index contributed by atoms with van der Waals surface area (Å²) >= 11 is 0. The van der Waals surface area contributed by atoms with Crippen LogP contribution in [-0.4, -0.2) is 26.3 Å². The zero-order valence-corrected chi connectivity index (χ0v) is 20.5. The number of benzene rings is 2. The maximum atomic E-state index is 12.3. The molecule has 2 heterocycles. The lowest BCUT2D eigenvalue weighted by Crippen LogP contribution is -2.16. The van der Waals surface area contributed by atoms with Crippen LogP contribution in [-0.2, 0) is 26.5 Å². The van der Waals surface area contributed by atoms with E-state index < -0.39 is 6.36 Å². The molecule has 0 aliphatic carbocycles. The fraction of sp³-hybridized carbons (Fsp3) is 0.296. The second-order valence-corrected chi connectivity index (χ2v) is 8.54. The van der Waals surface area contributed by atoms with Crippen molar-refractivity contribution in [1.82, 2.24) is 20.0 Å². The largest absolute Gasteiger partial charge is 0.573 e. The molecule has 0 bridgehead atoms. The molecule has 0 unspecified atom stereocenters. The Morgan fingerprint density at radius 3 is 2.43 bits per heavy atom. The van der Waals surface area contributed by atoms with E-state index in [-0.39, 0.29) is 12.4 Å². The van der Waals surface area contributed by atoms with Gasteiger partial charge in [-0.2, -0.15) is 15.0 Å². The third-order valence-electron chi connectivity index (χ3n) is 5.58. The minimum atomic E-state index is -4.71. The van der Waals surface area contributed by atoms with Crippen LogP contribution in [0.5, 0.6) is 11.5 Å². The molecule has 0 saturated carbocycles. The average molecular weight is 513 g/mol. The van der Waals surface area contributed by atoms with Crippen molar-refractivity contribution in [3.05, 3.63) is 88.9 Å². The molecule has 194 valence electrons. The average Bonchev–Trinajstić information content (AvgIpc) is 3.48. The van der Waals surface area contributed by atoms with E-state index in [0.717, 1.165) is 37.1 Å². The number of unbranched alkanes of at least 4 members (excludes halogenated alkanes) is 1. The summed E-state index contributed by atoms with van der Waals surface area (Å²) in [5.74, 6) is 0.839. The van der Waals surface area contributed by atoms with Gasteiger partial charge in [-0.05, 0) is 79.6 Å². The van der Waals surface area contributed by atoms with Gasteiger partial charge in [0.05, 0.1) is 11.9 Å². The van der Waals surface area contributed by atoms with Crippen LogP contribution in [0.2, 0.25) is 0 Å². The smallest absolute Gasteiger partial charge is 0.487 e. The van der Waals surface area contributed by atoms with Gasteiger partial charge in [0.25, 0.3) is 0 Å². The molecule has 0 spiro atoms. The van der Waals surface area contributed by atoms with E-state index in [0.29, 0.717) is 17.1 Å². The maximum absolute atomic E-state index is 12.3. The molecular weight excluding hydrogens is 485 g/mol. The van der Waals surface area contributed by atoms with Crippen LogP contribution < -0.4 is 9.47 Å². The fourth-order valence-corrected chi connectivity index (χ4v) is 3.73. The van der Waals surface area contributed by atoms with E-state index in [9.17, 15) is 13.2 Å². The van der Waals surface area contributed by atoms with Crippen LogP contribution in [0.15, 0.2) is 59.3 Å². The fourth-order valence-electron chi connectivity index (χ4n) is 3.73. The van der Waals surface area contributed by atoms with Crippen molar-refractivity contribution in [2.75, 3.05) is 0 Å². The molecule has 37 heavy (non-hydrogen) atoms. The zero-order valence-electron chi connectivity index (χ0n) is 20.5. The number of halogens is 3. The van der Waals surface area contributed by atoms with E-state index in [1.165, 1.54) is 41.7 Å². The molecule has 0 aliphatic rings. The summed E-state index contributed by atoms with van der Waals surface area (Å²) in [5, 5.41) is 8.40. The SMILES string of the molecule is Cc1cc(OCc2coc(/C=C/c3ccc(OC(F)(F)F)cc3)n2)ccc1CCCCc1cnn(C)n1. The first kappa shape index (κ1) is 26.0. The van der Waals surface area contributed by atoms with Crippen molar-refractivity contribution in [3.63, 3.8) is 0 Å². The van der Waals surface area contributed by atoms with Crippen LogP contribution in [0.3, 0.4) is 0 Å². The quantitative estimate of drug-likeness (QED) is 0.219. The van der Waals surface area contributed by atoms with Gasteiger partial charge in [0.2, 0.25) is 5.89 Å². The highest BCUT2D eigenvalue weighted by Gasteiger charge is 2.30. The van der Waals surface area contributed by atoms with Gasteiger partial charge in [0.15, 0.2) is 0 Å². The Kier molecular flexibility index (Phi) is 8.27. The molecule has 2 aromatic carbocycles. The van der Waals surface area contributed by atoms with E-state index in [2.05, 4.69) is 32.9 Å². The molecule has 0 amide bonds. The highest BCUT2D eigenvalue weighted by Crippen LogP contribution is 2.24. The molecule has 0 aliphatic heterocycles. The topological polar surface area (TPSA) is 75.2 Å². The van der Waals surface area contributed by atoms with E-state index in [1.54, 1.807) is 16.9 Å². The Labute approximate surface area is 212 Å². The second kappa shape index (κ2) is 11.8. The molecule has 4 aromatic rings. The van der Waals surface area contributed by atoms with Gasteiger partial charge < -0.3 is 13.9 Å². The summed E-state index contributed by atoms with van der Waals surface area (Å²) < 4.78 is 51.9. The first-order chi connectivity index (χ1) is 17.7. The lowest BCUT2D eigenvalue weighted by molar-refractivity contribution is -0.274. The Morgan fingerprint density at radius 2 is 1.73 bits per heavy atom. The number of hydrogen-bond acceptors (Lipinski definition) is 6. The highest BCUT2D eigenvalue weighted by atomic mass is 19.4. The van der Waals surface area contributed by atoms with Crippen LogP contribution in [0, 0.1) is 6.92 Å². The third-order valence-corrected chi connectivity index (χ3v) is 5.58. The first-order valence-electron chi connectivity index (χ1n) is 11.8. The maximum Gasteiger partial charge on any atom is 0.573 e. The predicted molar refractivity (Wildman–Crippen MR) is 132 cm³/mol. The number of aryl methyl sites for hydroxylation is 4. The number of alkyl halides is 3. The minimum Gasteiger partial charge on any atom is -0.487 e. The molecule has 0 radical (unpaired) electrons. The number of hydrogen-bond donors (Lipinski definition) is 0. The number of oxazole rings is 1. The standard InChI is InChI=1S/C27H27F3N4O3/c1-19-15-25(13-10-21(19)5-3-4-6-22-16-31-34(2)33-22)35-17-23-18-36-26(32-23)14-9-20-7-11-24(12-8-20)37-27(28,29)30/h7-16,18H,3-6,17H2,1-2H3/b14-9+. The number of ether oxygens (including phenoxy) is 2. The molecule has 0 fully saturated rings.